The van der Waals surface area contributed by atoms with E-state index in [1.807, 2.05) is 0 Å². The second kappa shape index (κ2) is 5.99. The number of nitrogens with two attached hydrogens (primary N) is 1. The van der Waals surface area contributed by atoms with Crippen molar-refractivity contribution in [1.29, 1.82) is 0 Å². The Hall–Kier alpha value is -1.66. The number of amides is 1. The topological polar surface area (TPSA) is 64.8 Å². The number of hydrogen-bond donors (Lipinski definition) is 1. The molecule has 0 aliphatic carbocycles. The fraction of sp³-hybridized carbons (Fsp3) is 0.385. The summed E-state index contributed by atoms with van der Waals surface area (Å²) in [6.45, 7) is 1.40. The third kappa shape index (κ3) is 3.21. The number of carbonyl (C=O) groups excluding carboxylic acids is 1. The number of rotatable bonds is 3. The zero-order valence-electron chi connectivity index (χ0n) is 10.7. The van der Waals surface area contributed by atoms with Gasteiger partial charge in [-0.25, -0.2) is 0 Å². The van der Waals surface area contributed by atoms with Crippen LogP contribution in [0.2, 0.25) is 0 Å². The van der Waals surface area contributed by atoms with Crippen LogP contribution in [0.1, 0.15) is 10.4 Å². The first-order chi connectivity index (χ1) is 9.11. The molecule has 1 fully saturated rings. The van der Waals surface area contributed by atoms with E-state index < -0.39 is 0 Å². The van der Waals surface area contributed by atoms with Gasteiger partial charge in [-0.05, 0) is 24.3 Å². The van der Waals surface area contributed by atoms with Crippen LogP contribution in [0.3, 0.4) is 0 Å². The Morgan fingerprint density at radius 3 is 2.74 bits per heavy atom. The molecule has 1 aliphatic heterocycles. The molecule has 2 N–H and O–H groups in total. The predicted molar refractivity (Wildman–Crippen MR) is 75.4 cm³/mol. The minimum absolute atomic E-state index is 0.0489. The molecule has 1 amide bonds. The van der Waals surface area contributed by atoms with Crippen molar-refractivity contribution in [2.45, 2.75) is 6.10 Å². The Kier molecular flexibility index (Phi) is 4.34. The second-order valence-electron chi connectivity index (χ2n) is 4.24. The second-order valence-corrected chi connectivity index (χ2v) is 4.71. The Morgan fingerprint density at radius 2 is 2.16 bits per heavy atom. The lowest BCUT2D eigenvalue weighted by atomic mass is 10.1. The van der Waals surface area contributed by atoms with Gasteiger partial charge in [0.15, 0.2) is 0 Å². The van der Waals surface area contributed by atoms with Crippen molar-refractivity contribution in [2.75, 3.05) is 26.8 Å². The maximum absolute atomic E-state index is 12.3. The molecule has 0 radical (unpaired) electrons. The molecule has 0 saturated carbocycles. The van der Waals surface area contributed by atoms with Crippen LogP contribution < -0.4 is 10.5 Å². The van der Waals surface area contributed by atoms with Crippen molar-refractivity contribution < 1.29 is 14.3 Å². The maximum atomic E-state index is 12.3. The number of carbonyl (C=O) groups is 1. The number of ether oxygens (including phenoxy) is 2. The summed E-state index contributed by atoms with van der Waals surface area (Å²) >= 11 is 4.90. The van der Waals surface area contributed by atoms with Crippen molar-refractivity contribution in [3.05, 3.63) is 29.8 Å². The van der Waals surface area contributed by atoms with Crippen LogP contribution in [0, 0.1) is 0 Å². The SMILES string of the molecule is COc1ccc(C(=O)N2CCOC(C(N)=S)C2)cc1. The number of methoxy groups -OCH3 is 1. The van der Waals surface area contributed by atoms with E-state index in [9.17, 15) is 4.79 Å². The lowest BCUT2D eigenvalue weighted by molar-refractivity contribution is 0.00878. The molecule has 2 rings (SSSR count). The van der Waals surface area contributed by atoms with Gasteiger partial charge < -0.3 is 20.1 Å². The quantitative estimate of drug-likeness (QED) is 0.831. The molecule has 19 heavy (non-hydrogen) atoms. The fourth-order valence-corrected chi connectivity index (χ4v) is 2.06. The van der Waals surface area contributed by atoms with E-state index in [1.165, 1.54) is 0 Å². The van der Waals surface area contributed by atoms with E-state index in [0.29, 0.717) is 25.3 Å². The number of thiocarbonyl (C=S) groups is 1. The van der Waals surface area contributed by atoms with Crippen LogP contribution in [0.4, 0.5) is 0 Å². The van der Waals surface area contributed by atoms with Gasteiger partial charge in [-0.3, -0.25) is 4.79 Å². The summed E-state index contributed by atoms with van der Waals surface area (Å²) in [5.74, 6) is 0.673. The first-order valence-electron chi connectivity index (χ1n) is 5.96. The van der Waals surface area contributed by atoms with Gasteiger partial charge in [0.25, 0.3) is 5.91 Å². The summed E-state index contributed by atoms with van der Waals surface area (Å²) in [5, 5.41) is 0. The van der Waals surface area contributed by atoms with Gasteiger partial charge in [-0.1, -0.05) is 12.2 Å². The Balaban J connectivity index is 2.07. The van der Waals surface area contributed by atoms with Gasteiger partial charge in [0, 0.05) is 12.1 Å². The summed E-state index contributed by atoms with van der Waals surface area (Å²) in [6, 6.07) is 7.01. The molecule has 1 unspecified atom stereocenters. The largest absolute Gasteiger partial charge is 0.497 e. The van der Waals surface area contributed by atoms with Gasteiger partial charge in [0.1, 0.15) is 16.8 Å². The van der Waals surface area contributed by atoms with Gasteiger partial charge in [-0.2, -0.15) is 0 Å². The molecule has 0 bridgehead atoms. The van der Waals surface area contributed by atoms with E-state index in [-0.39, 0.29) is 17.0 Å². The highest BCUT2D eigenvalue weighted by atomic mass is 32.1. The molecule has 1 aromatic rings. The molecular weight excluding hydrogens is 264 g/mol. The van der Waals surface area contributed by atoms with Gasteiger partial charge in [-0.15, -0.1) is 0 Å². The van der Waals surface area contributed by atoms with Crippen molar-refractivity contribution in [3.8, 4) is 5.75 Å². The van der Waals surface area contributed by atoms with Crippen molar-refractivity contribution >= 4 is 23.1 Å². The zero-order chi connectivity index (χ0) is 13.8. The number of hydrogen-bond acceptors (Lipinski definition) is 4. The van der Waals surface area contributed by atoms with E-state index in [2.05, 4.69) is 0 Å². The first-order valence-corrected chi connectivity index (χ1v) is 6.37. The number of morpholine rings is 1. The molecule has 1 saturated heterocycles. The van der Waals surface area contributed by atoms with Crippen LogP contribution in [-0.4, -0.2) is 48.7 Å². The molecule has 1 aliphatic rings. The summed E-state index contributed by atoms with van der Waals surface area (Å²) in [6.07, 6.45) is -0.356. The molecule has 0 aromatic heterocycles. The molecule has 1 atom stereocenters. The molecule has 5 nitrogen and oxygen atoms in total. The molecule has 0 spiro atoms. The minimum Gasteiger partial charge on any atom is -0.497 e. The molecule has 1 heterocycles. The Labute approximate surface area is 117 Å². The Bertz CT molecular complexity index is 475. The van der Waals surface area contributed by atoms with E-state index in [4.69, 9.17) is 27.4 Å². The van der Waals surface area contributed by atoms with E-state index in [1.54, 1.807) is 36.3 Å². The van der Waals surface area contributed by atoms with Crippen LogP contribution in [0.25, 0.3) is 0 Å². The molecule has 1 aromatic carbocycles. The van der Waals surface area contributed by atoms with Gasteiger partial charge in [0.2, 0.25) is 0 Å². The highest BCUT2D eigenvalue weighted by molar-refractivity contribution is 7.80. The minimum atomic E-state index is -0.356. The summed E-state index contributed by atoms with van der Waals surface area (Å²) < 4.78 is 10.5. The van der Waals surface area contributed by atoms with Crippen LogP contribution >= 0.6 is 12.2 Å². The molecular formula is C13H16N2O3S. The summed E-state index contributed by atoms with van der Waals surface area (Å²) in [4.78, 5) is 14.3. The third-order valence-corrected chi connectivity index (χ3v) is 3.27. The van der Waals surface area contributed by atoms with Gasteiger partial charge >= 0.3 is 0 Å². The standard InChI is InChI=1S/C13H16N2O3S/c1-17-10-4-2-9(3-5-10)13(16)15-6-7-18-11(8-15)12(14)19/h2-5,11H,6-8H2,1H3,(H2,14,19). The normalized spacial score (nSPS) is 19.0. The van der Waals surface area contributed by atoms with Crippen LogP contribution in [0.5, 0.6) is 5.75 Å². The van der Waals surface area contributed by atoms with Crippen LogP contribution in [-0.2, 0) is 4.74 Å². The third-order valence-electron chi connectivity index (χ3n) is 3.01. The van der Waals surface area contributed by atoms with Crippen molar-refractivity contribution in [3.63, 3.8) is 0 Å². The smallest absolute Gasteiger partial charge is 0.254 e. The van der Waals surface area contributed by atoms with Crippen molar-refractivity contribution in [2.24, 2.45) is 5.73 Å². The highest BCUT2D eigenvalue weighted by Gasteiger charge is 2.26. The van der Waals surface area contributed by atoms with Crippen LogP contribution in [0.15, 0.2) is 24.3 Å². The molecule has 102 valence electrons. The average molecular weight is 280 g/mol. The van der Waals surface area contributed by atoms with Gasteiger partial charge in [0.05, 0.1) is 20.3 Å². The lowest BCUT2D eigenvalue weighted by Gasteiger charge is -2.32. The predicted octanol–water partition coefficient (Wildman–Crippen LogP) is 0.822. The summed E-state index contributed by atoms with van der Waals surface area (Å²) in [5.41, 5.74) is 6.17. The van der Waals surface area contributed by atoms with E-state index in [0.717, 1.165) is 5.75 Å². The summed E-state index contributed by atoms with van der Waals surface area (Å²) in [7, 11) is 1.59. The average Bonchev–Trinajstić information content (AvgIpc) is 2.46. The zero-order valence-corrected chi connectivity index (χ0v) is 11.5. The maximum Gasteiger partial charge on any atom is 0.254 e. The first kappa shape index (κ1) is 13.8. The Morgan fingerprint density at radius 1 is 1.47 bits per heavy atom. The molecule has 6 heteroatoms. The highest BCUT2D eigenvalue weighted by Crippen LogP contribution is 2.15. The fourth-order valence-electron chi connectivity index (χ4n) is 1.92. The number of benzene rings is 1. The number of nitrogens with zero attached hydrogens (tertiary/aromatic N) is 1. The lowest BCUT2D eigenvalue weighted by Crippen LogP contribution is -2.49. The van der Waals surface area contributed by atoms with E-state index >= 15 is 0 Å². The monoisotopic (exact) mass is 280 g/mol. The van der Waals surface area contributed by atoms with Crippen molar-refractivity contribution in [1.82, 2.24) is 4.90 Å².